The van der Waals surface area contributed by atoms with E-state index >= 15 is 0 Å². The van der Waals surface area contributed by atoms with Crippen LogP contribution in [0.4, 0.5) is 11.4 Å². The van der Waals surface area contributed by atoms with E-state index in [0.29, 0.717) is 36.4 Å². The van der Waals surface area contributed by atoms with Crippen molar-refractivity contribution in [2.45, 2.75) is 13.5 Å². The molecule has 1 fully saturated rings. The summed E-state index contributed by atoms with van der Waals surface area (Å²) in [4.78, 5) is 55.6. The number of nitro benzene ring substituents is 1. The molecule has 1 saturated heterocycles. The maximum Gasteiger partial charge on any atom is 0.326 e. The number of sulfone groups is 1. The molecule has 1 aromatic heterocycles. The Morgan fingerprint density at radius 3 is 2.40 bits per heavy atom. The normalized spacial score (nSPS) is 14.4. The van der Waals surface area contributed by atoms with E-state index in [1.165, 1.54) is 27.7 Å². The predicted octanol–water partition coefficient (Wildman–Crippen LogP) is 1.37. The second kappa shape index (κ2) is 12.4. The van der Waals surface area contributed by atoms with Gasteiger partial charge in [0.05, 0.1) is 21.7 Å². The number of hydrogen-bond donors (Lipinski definition) is 0. The zero-order valence-corrected chi connectivity index (χ0v) is 23.2. The first kappa shape index (κ1) is 28.9. The van der Waals surface area contributed by atoms with E-state index in [1.807, 2.05) is 30.3 Å². The first-order valence-electron chi connectivity index (χ1n) is 12.4. The molecule has 2 heterocycles. The molecule has 1 aliphatic rings. The molecule has 0 saturated carbocycles. The number of amides is 2. The molecule has 0 atom stereocenters. The largest absolute Gasteiger partial charge is 0.465 e. The maximum atomic E-state index is 12.7. The number of carbonyl (C=O) groups is 3. The molecule has 0 radical (unpaired) electrons. The first-order valence-corrected chi connectivity index (χ1v) is 15.0. The number of anilines is 1. The molecular weight excluding hydrogens is 562 g/mol. The van der Waals surface area contributed by atoms with Crippen LogP contribution in [0.3, 0.4) is 0 Å². The second-order valence-corrected chi connectivity index (χ2v) is 12.0. The number of non-ortho nitro benzene ring substituents is 1. The van der Waals surface area contributed by atoms with E-state index in [-0.39, 0.29) is 23.6 Å². The van der Waals surface area contributed by atoms with Gasteiger partial charge in [0, 0.05) is 44.0 Å². The van der Waals surface area contributed by atoms with Gasteiger partial charge in [0.25, 0.3) is 11.6 Å². The third-order valence-electron chi connectivity index (χ3n) is 6.13. The van der Waals surface area contributed by atoms with Crippen LogP contribution in [-0.4, -0.2) is 84.9 Å². The number of ether oxygens (including phenoxy) is 1. The monoisotopic (exact) mass is 589 g/mol. The fourth-order valence-corrected chi connectivity index (χ4v) is 6.44. The van der Waals surface area contributed by atoms with Crippen molar-refractivity contribution in [1.29, 1.82) is 0 Å². The Morgan fingerprint density at radius 2 is 1.75 bits per heavy atom. The molecule has 15 heteroatoms. The van der Waals surface area contributed by atoms with Gasteiger partial charge < -0.3 is 19.1 Å². The van der Waals surface area contributed by atoms with Crippen molar-refractivity contribution in [3.8, 4) is 0 Å². The van der Waals surface area contributed by atoms with Gasteiger partial charge in [-0.25, -0.2) is 8.42 Å². The lowest BCUT2D eigenvalue weighted by molar-refractivity contribution is -0.384. The van der Waals surface area contributed by atoms with Gasteiger partial charge in [-0.05, 0) is 25.1 Å². The molecule has 0 N–H and O–H groups in total. The summed E-state index contributed by atoms with van der Waals surface area (Å²) >= 11 is 0.893. The Bertz CT molecular complexity index is 1610. The number of fused-ring (bicyclic) bond motifs is 1. The van der Waals surface area contributed by atoms with Crippen LogP contribution in [0, 0.1) is 10.1 Å². The second-order valence-electron chi connectivity index (χ2n) is 8.93. The quantitative estimate of drug-likeness (QED) is 0.204. The number of esters is 1. The topological polar surface area (TPSA) is 161 Å². The molecule has 3 aromatic rings. The fourth-order valence-electron chi connectivity index (χ4n) is 4.26. The van der Waals surface area contributed by atoms with E-state index in [1.54, 1.807) is 6.92 Å². The minimum atomic E-state index is -4.14. The number of rotatable bonds is 9. The maximum absolute atomic E-state index is 12.7. The summed E-state index contributed by atoms with van der Waals surface area (Å²) in [7, 11) is -4.14. The zero-order valence-electron chi connectivity index (χ0n) is 21.6. The summed E-state index contributed by atoms with van der Waals surface area (Å²) in [6, 6.07) is 13.6. The van der Waals surface area contributed by atoms with Crippen LogP contribution >= 0.6 is 11.3 Å². The Morgan fingerprint density at radius 1 is 1.05 bits per heavy atom. The Balaban J connectivity index is 1.47. The number of hydrogen-bond acceptors (Lipinski definition) is 10. The van der Waals surface area contributed by atoms with Crippen LogP contribution in [0.25, 0.3) is 10.2 Å². The number of para-hydroxylation sites is 1. The van der Waals surface area contributed by atoms with Gasteiger partial charge in [0.1, 0.15) is 18.1 Å². The van der Waals surface area contributed by atoms with Crippen molar-refractivity contribution in [2.24, 2.45) is 4.99 Å². The lowest BCUT2D eigenvalue weighted by atomic mass is 10.2. The average Bonchev–Trinajstić information content (AvgIpc) is 3.24. The predicted molar refractivity (Wildman–Crippen MR) is 148 cm³/mol. The number of thiazole rings is 1. The van der Waals surface area contributed by atoms with E-state index in [4.69, 9.17) is 4.74 Å². The van der Waals surface area contributed by atoms with E-state index in [9.17, 15) is 32.9 Å². The van der Waals surface area contributed by atoms with Crippen LogP contribution in [0.2, 0.25) is 0 Å². The first-order chi connectivity index (χ1) is 19.1. The number of piperazine rings is 1. The van der Waals surface area contributed by atoms with Gasteiger partial charge in [0.2, 0.25) is 5.91 Å². The Labute approximate surface area is 233 Å². The Hall–Kier alpha value is -4.11. The molecule has 2 aromatic carbocycles. The standard InChI is InChI=1S/C25H27N5O8S2/c1-2-38-24(33)15-29-20-9-8-19(30(34)35)14-21(20)39-25(29)26-22(31)16-40(36,37)17-23(32)28-12-10-27(11-13-28)18-6-4-3-5-7-18/h3-9,14H,2,10-13,15-17H2,1H3. The summed E-state index contributed by atoms with van der Waals surface area (Å²) in [6.07, 6.45) is 0. The van der Waals surface area contributed by atoms with Crippen molar-refractivity contribution in [1.82, 2.24) is 9.47 Å². The third kappa shape index (κ3) is 7.09. The molecule has 0 unspecified atom stereocenters. The van der Waals surface area contributed by atoms with Gasteiger partial charge in [-0.15, -0.1) is 0 Å². The highest BCUT2D eigenvalue weighted by atomic mass is 32.2. The van der Waals surface area contributed by atoms with Gasteiger partial charge in [-0.2, -0.15) is 4.99 Å². The van der Waals surface area contributed by atoms with Crippen molar-refractivity contribution in [2.75, 3.05) is 49.2 Å². The summed E-state index contributed by atoms with van der Waals surface area (Å²) in [5.74, 6) is -4.08. The fraction of sp³-hybridized carbons (Fsp3) is 0.360. The molecule has 0 bridgehead atoms. The van der Waals surface area contributed by atoms with E-state index in [0.717, 1.165) is 17.0 Å². The van der Waals surface area contributed by atoms with Crippen molar-refractivity contribution >= 4 is 60.5 Å². The lowest BCUT2D eigenvalue weighted by Crippen LogP contribution is -2.50. The van der Waals surface area contributed by atoms with Crippen LogP contribution < -0.4 is 9.70 Å². The summed E-state index contributed by atoms with van der Waals surface area (Å²) in [5, 5.41) is 11.2. The third-order valence-corrected chi connectivity index (χ3v) is 8.55. The summed E-state index contributed by atoms with van der Waals surface area (Å²) < 4.78 is 32.1. The number of carbonyl (C=O) groups excluding carboxylic acids is 3. The van der Waals surface area contributed by atoms with Crippen LogP contribution in [0.5, 0.6) is 0 Å². The number of benzene rings is 2. The van der Waals surface area contributed by atoms with Gasteiger partial charge in [-0.1, -0.05) is 29.5 Å². The summed E-state index contributed by atoms with van der Waals surface area (Å²) in [6.45, 7) is 3.21. The average molecular weight is 590 g/mol. The van der Waals surface area contributed by atoms with Crippen molar-refractivity contribution < 1.29 is 32.5 Å². The number of aromatic nitrogens is 1. The highest BCUT2D eigenvalue weighted by molar-refractivity contribution is 7.92. The molecule has 2 amide bonds. The summed E-state index contributed by atoms with van der Waals surface area (Å²) in [5.41, 5.74) is 1.22. The van der Waals surface area contributed by atoms with E-state index < -0.39 is 44.0 Å². The zero-order chi connectivity index (χ0) is 28.9. The molecule has 212 valence electrons. The van der Waals surface area contributed by atoms with Gasteiger partial charge in [-0.3, -0.25) is 24.5 Å². The molecule has 1 aliphatic heterocycles. The number of nitro groups is 1. The lowest BCUT2D eigenvalue weighted by Gasteiger charge is -2.36. The van der Waals surface area contributed by atoms with Gasteiger partial charge in [0.15, 0.2) is 14.6 Å². The molecular formula is C25H27N5O8S2. The van der Waals surface area contributed by atoms with Crippen LogP contribution in [0.15, 0.2) is 53.5 Å². The van der Waals surface area contributed by atoms with Crippen molar-refractivity contribution in [3.63, 3.8) is 0 Å². The van der Waals surface area contributed by atoms with Crippen LogP contribution in [0.1, 0.15) is 6.92 Å². The molecule has 4 rings (SSSR count). The smallest absolute Gasteiger partial charge is 0.326 e. The molecule has 40 heavy (non-hydrogen) atoms. The molecule has 0 aliphatic carbocycles. The van der Waals surface area contributed by atoms with E-state index in [2.05, 4.69) is 9.89 Å². The number of nitrogens with zero attached hydrogens (tertiary/aromatic N) is 5. The minimum Gasteiger partial charge on any atom is -0.465 e. The van der Waals surface area contributed by atoms with Crippen LogP contribution in [-0.2, 0) is 35.5 Å². The minimum absolute atomic E-state index is 0.0212. The van der Waals surface area contributed by atoms with Crippen molar-refractivity contribution in [3.05, 3.63) is 63.4 Å². The highest BCUT2D eigenvalue weighted by Gasteiger charge is 2.27. The van der Waals surface area contributed by atoms with Gasteiger partial charge >= 0.3 is 5.97 Å². The molecule has 13 nitrogen and oxygen atoms in total. The highest BCUT2D eigenvalue weighted by Crippen LogP contribution is 2.23. The molecule has 0 spiro atoms. The SMILES string of the molecule is CCOC(=O)Cn1c(=NC(=O)CS(=O)(=O)CC(=O)N2CCN(c3ccccc3)CC2)sc2cc([N+](=O)[O-])ccc21. The Kier molecular flexibility index (Phi) is 8.94.